The highest BCUT2D eigenvalue weighted by atomic mass is 16.3. The van der Waals surface area contributed by atoms with Gasteiger partial charge in [0.05, 0.1) is 0 Å². The van der Waals surface area contributed by atoms with Gasteiger partial charge in [0.15, 0.2) is 0 Å². The molecular formula is C13H22N2O3. The highest BCUT2D eigenvalue weighted by molar-refractivity contribution is 5.80. The van der Waals surface area contributed by atoms with Crippen LogP contribution >= 0.6 is 0 Å². The topological polar surface area (TPSA) is 60.9 Å². The van der Waals surface area contributed by atoms with Crippen LogP contribution in [0.15, 0.2) is 0 Å². The van der Waals surface area contributed by atoms with E-state index in [0.29, 0.717) is 5.91 Å². The normalized spacial score (nSPS) is 21.6. The van der Waals surface area contributed by atoms with Crippen LogP contribution in [0, 0.1) is 5.92 Å². The first-order valence-electron chi connectivity index (χ1n) is 6.78. The van der Waals surface area contributed by atoms with E-state index in [1.54, 1.807) is 11.9 Å². The van der Waals surface area contributed by atoms with Crippen LogP contribution in [0.25, 0.3) is 0 Å². The zero-order valence-electron chi connectivity index (χ0n) is 11.0. The fourth-order valence-corrected chi connectivity index (χ4v) is 2.70. The molecule has 1 aliphatic heterocycles. The molecule has 1 aliphatic carbocycles. The van der Waals surface area contributed by atoms with Gasteiger partial charge in [0.2, 0.25) is 11.8 Å². The second kappa shape index (κ2) is 5.69. The van der Waals surface area contributed by atoms with Gasteiger partial charge in [-0.3, -0.25) is 9.59 Å². The van der Waals surface area contributed by atoms with E-state index in [2.05, 4.69) is 0 Å². The summed E-state index contributed by atoms with van der Waals surface area (Å²) in [6, 6.07) is 0.162. The first-order valence-corrected chi connectivity index (χ1v) is 6.78. The highest BCUT2D eigenvalue weighted by Crippen LogP contribution is 2.29. The van der Waals surface area contributed by atoms with E-state index in [9.17, 15) is 9.59 Å². The standard InChI is InChI=1S/C13H22N2O3/c1-14(12(17)9-16)11-5-7-15(8-6-11)13(18)10-3-2-4-10/h10-11,16H,2-9H2,1H3. The number of piperidine rings is 1. The highest BCUT2D eigenvalue weighted by Gasteiger charge is 2.32. The Hall–Kier alpha value is -1.10. The van der Waals surface area contributed by atoms with E-state index < -0.39 is 6.61 Å². The number of hydrogen-bond acceptors (Lipinski definition) is 3. The van der Waals surface area contributed by atoms with E-state index in [-0.39, 0.29) is 17.9 Å². The van der Waals surface area contributed by atoms with Crippen molar-refractivity contribution in [3.05, 3.63) is 0 Å². The number of rotatable bonds is 3. The molecule has 0 aromatic rings. The van der Waals surface area contributed by atoms with Crippen molar-refractivity contribution in [2.45, 2.75) is 38.1 Å². The Morgan fingerprint density at radius 3 is 2.28 bits per heavy atom. The van der Waals surface area contributed by atoms with E-state index in [1.165, 1.54) is 6.42 Å². The lowest BCUT2D eigenvalue weighted by Crippen LogP contribution is -2.49. The number of carbonyl (C=O) groups is 2. The summed E-state index contributed by atoms with van der Waals surface area (Å²) in [6.07, 6.45) is 4.91. The smallest absolute Gasteiger partial charge is 0.248 e. The van der Waals surface area contributed by atoms with Crippen LogP contribution in [0.5, 0.6) is 0 Å². The minimum absolute atomic E-state index is 0.162. The van der Waals surface area contributed by atoms with Gasteiger partial charge < -0.3 is 14.9 Å². The van der Waals surface area contributed by atoms with Crippen LogP contribution in [-0.4, -0.2) is 59.5 Å². The molecule has 0 unspecified atom stereocenters. The molecule has 1 saturated carbocycles. The average molecular weight is 254 g/mol. The number of likely N-dealkylation sites (tertiary alicyclic amines) is 1. The summed E-state index contributed by atoms with van der Waals surface area (Å²) in [5.74, 6) is 0.327. The maximum atomic E-state index is 12.1. The van der Waals surface area contributed by atoms with Crippen molar-refractivity contribution in [3.8, 4) is 0 Å². The molecule has 0 radical (unpaired) electrons. The predicted octanol–water partition coefficient (Wildman–Crippen LogP) is 0.228. The number of hydrogen-bond donors (Lipinski definition) is 1. The van der Waals surface area contributed by atoms with Crippen LogP contribution in [0.3, 0.4) is 0 Å². The molecule has 5 nitrogen and oxygen atoms in total. The van der Waals surface area contributed by atoms with Gasteiger partial charge in [0.25, 0.3) is 0 Å². The van der Waals surface area contributed by atoms with E-state index in [4.69, 9.17) is 5.11 Å². The summed E-state index contributed by atoms with van der Waals surface area (Å²) in [7, 11) is 1.73. The number of nitrogens with zero attached hydrogens (tertiary/aromatic N) is 2. The fourth-order valence-electron chi connectivity index (χ4n) is 2.70. The molecule has 1 heterocycles. The Morgan fingerprint density at radius 1 is 1.22 bits per heavy atom. The van der Waals surface area contributed by atoms with Gasteiger partial charge in [0.1, 0.15) is 6.61 Å². The summed E-state index contributed by atoms with van der Waals surface area (Å²) in [6.45, 7) is 1.05. The van der Waals surface area contributed by atoms with Crippen molar-refractivity contribution in [3.63, 3.8) is 0 Å². The van der Waals surface area contributed by atoms with Gasteiger partial charge >= 0.3 is 0 Å². The lowest BCUT2D eigenvalue weighted by Gasteiger charge is -2.39. The lowest BCUT2D eigenvalue weighted by atomic mass is 9.84. The van der Waals surface area contributed by atoms with Crippen LogP contribution in [0.2, 0.25) is 0 Å². The zero-order valence-corrected chi connectivity index (χ0v) is 11.0. The second-order valence-corrected chi connectivity index (χ2v) is 5.35. The SMILES string of the molecule is CN(C(=O)CO)C1CCN(C(=O)C2CCC2)CC1. The summed E-state index contributed by atoms with van der Waals surface area (Å²) in [5.41, 5.74) is 0. The Labute approximate surface area is 108 Å². The maximum absolute atomic E-state index is 12.1. The van der Waals surface area contributed by atoms with Gasteiger partial charge in [0, 0.05) is 32.1 Å². The van der Waals surface area contributed by atoms with Gasteiger partial charge in [-0.15, -0.1) is 0 Å². The average Bonchev–Trinajstić information content (AvgIpc) is 2.35. The van der Waals surface area contributed by atoms with Gasteiger partial charge in [-0.1, -0.05) is 6.42 Å². The second-order valence-electron chi connectivity index (χ2n) is 5.35. The van der Waals surface area contributed by atoms with Crippen LogP contribution in [0.1, 0.15) is 32.1 Å². The minimum Gasteiger partial charge on any atom is -0.387 e. The van der Waals surface area contributed by atoms with Crippen molar-refractivity contribution in [1.29, 1.82) is 0 Å². The lowest BCUT2D eigenvalue weighted by molar-refractivity contribution is -0.141. The Morgan fingerprint density at radius 2 is 1.83 bits per heavy atom. The Bertz CT molecular complexity index is 320. The Kier molecular flexibility index (Phi) is 4.22. The molecule has 1 saturated heterocycles. The molecule has 1 N–H and O–H groups in total. The van der Waals surface area contributed by atoms with E-state index in [1.807, 2.05) is 4.90 Å². The molecule has 2 rings (SSSR count). The monoisotopic (exact) mass is 254 g/mol. The third-order valence-electron chi connectivity index (χ3n) is 4.31. The fraction of sp³-hybridized carbons (Fsp3) is 0.846. The molecular weight excluding hydrogens is 232 g/mol. The number of aliphatic hydroxyl groups excluding tert-OH is 1. The summed E-state index contributed by atoms with van der Waals surface area (Å²) < 4.78 is 0. The molecule has 0 spiro atoms. The van der Waals surface area contributed by atoms with Crippen molar-refractivity contribution in [1.82, 2.24) is 9.80 Å². The number of amides is 2. The molecule has 0 aromatic heterocycles. The predicted molar refractivity (Wildman–Crippen MR) is 66.8 cm³/mol. The largest absolute Gasteiger partial charge is 0.387 e. The maximum Gasteiger partial charge on any atom is 0.248 e. The summed E-state index contributed by atoms with van der Waals surface area (Å²) in [4.78, 5) is 27.0. The van der Waals surface area contributed by atoms with Crippen LogP contribution in [-0.2, 0) is 9.59 Å². The van der Waals surface area contributed by atoms with Crippen molar-refractivity contribution < 1.29 is 14.7 Å². The zero-order chi connectivity index (χ0) is 13.1. The number of carbonyl (C=O) groups excluding carboxylic acids is 2. The first kappa shape index (κ1) is 13.3. The third-order valence-corrected chi connectivity index (χ3v) is 4.31. The van der Waals surface area contributed by atoms with E-state index >= 15 is 0 Å². The minimum atomic E-state index is -0.433. The number of likely N-dealkylation sites (N-methyl/N-ethyl adjacent to an activating group) is 1. The van der Waals surface area contributed by atoms with Crippen LogP contribution < -0.4 is 0 Å². The molecule has 5 heteroatoms. The molecule has 2 aliphatic rings. The summed E-state index contributed by atoms with van der Waals surface area (Å²) >= 11 is 0. The van der Waals surface area contributed by atoms with Crippen molar-refractivity contribution in [2.24, 2.45) is 5.92 Å². The quantitative estimate of drug-likeness (QED) is 0.784. The molecule has 0 atom stereocenters. The van der Waals surface area contributed by atoms with Crippen molar-refractivity contribution in [2.75, 3.05) is 26.7 Å². The molecule has 2 amide bonds. The molecule has 18 heavy (non-hydrogen) atoms. The number of aliphatic hydroxyl groups is 1. The van der Waals surface area contributed by atoms with E-state index in [0.717, 1.165) is 38.8 Å². The van der Waals surface area contributed by atoms with Gasteiger partial charge in [-0.2, -0.15) is 0 Å². The van der Waals surface area contributed by atoms with Gasteiger partial charge in [-0.25, -0.2) is 0 Å². The van der Waals surface area contributed by atoms with Crippen LogP contribution in [0.4, 0.5) is 0 Å². The van der Waals surface area contributed by atoms with Crippen molar-refractivity contribution >= 4 is 11.8 Å². The third kappa shape index (κ3) is 2.66. The summed E-state index contributed by atoms with van der Waals surface area (Å²) in [5, 5.41) is 8.83. The van der Waals surface area contributed by atoms with Gasteiger partial charge in [-0.05, 0) is 25.7 Å². The first-order chi connectivity index (χ1) is 8.63. The molecule has 102 valence electrons. The Balaban J connectivity index is 1.80. The molecule has 2 fully saturated rings. The molecule has 0 aromatic carbocycles. The molecule has 0 bridgehead atoms.